The van der Waals surface area contributed by atoms with E-state index in [1.807, 2.05) is 0 Å². The lowest BCUT2D eigenvalue weighted by molar-refractivity contribution is 0.243. The predicted molar refractivity (Wildman–Crippen MR) is 70.6 cm³/mol. The molecule has 0 unspecified atom stereocenters. The van der Waals surface area contributed by atoms with E-state index in [2.05, 4.69) is 19.2 Å². The van der Waals surface area contributed by atoms with Crippen molar-refractivity contribution < 1.29 is 0 Å². The smallest absolute Gasteiger partial charge is 0.00684 e. The molecule has 0 aromatic carbocycles. The summed E-state index contributed by atoms with van der Waals surface area (Å²) < 4.78 is 0. The van der Waals surface area contributed by atoms with Gasteiger partial charge in [-0.1, -0.05) is 39.5 Å². The Morgan fingerprint density at radius 3 is 2.44 bits per heavy atom. The molecule has 2 saturated carbocycles. The van der Waals surface area contributed by atoms with Crippen molar-refractivity contribution in [2.75, 3.05) is 6.54 Å². The Hall–Kier alpha value is -0.0400. The summed E-state index contributed by atoms with van der Waals surface area (Å²) in [4.78, 5) is 0. The molecule has 2 fully saturated rings. The van der Waals surface area contributed by atoms with Crippen LogP contribution in [0.1, 0.15) is 71.6 Å². The van der Waals surface area contributed by atoms with Gasteiger partial charge in [0.25, 0.3) is 0 Å². The van der Waals surface area contributed by atoms with Crippen molar-refractivity contribution in [3.05, 3.63) is 0 Å². The van der Waals surface area contributed by atoms with Crippen LogP contribution >= 0.6 is 0 Å². The minimum absolute atomic E-state index is 0.692. The highest BCUT2D eigenvalue weighted by Crippen LogP contribution is 2.42. The molecule has 0 amide bonds. The number of nitrogens with one attached hydrogen (secondary N) is 1. The monoisotopic (exact) mass is 223 g/mol. The summed E-state index contributed by atoms with van der Waals surface area (Å²) in [5, 5.41) is 3.78. The lowest BCUT2D eigenvalue weighted by Gasteiger charge is -2.30. The van der Waals surface area contributed by atoms with Gasteiger partial charge in [0, 0.05) is 12.6 Å². The molecule has 1 N–H and O–H groups in total. The van der Waals surface area contributed by atoms with E-state index in [-0.39, 0.29) is 0 Å². The fourth-order valence-electron chi connectivity index (χ4n) is 3.17. The second-order valence-corrected chi connectivity index (χ2v) is 6.65. The van der Waals surface area contributed by atoms with Crippen molar-refractivity contribution in [1.82, 2.24) is 5.32 Å². The summed E-state index contributed by atoms with van der Waals surface area (Å²) in [5.74, 6) is 0.884. The molecular weight excluding hydrogens is 194 g/mol. The average Bonchev–Trinajstić information content (AvgIpc) is 2.96. The largest absolute Gasteiger partial charge is 0.313 e. The van der Waals surface area contributed by atoms with E-state index in [0.29, 0.717) is 5.41 Å². The van der Waals surface area contributed by atoms with Gasteiger partial charge in [-0.3, -0.25) is 0 Å². The van der Waals surface area contributed by atoms with Crippen LogP contribution in [-0.2, 0) is 0 Å². The highest BCUT2D eigenvalue weighted by atomic mass is 15.0. The van der Waals surface area contributed by atoms with E-state index in [9.17, 15) is 0 Å². The van der Waals surface area contributed by atoms with Crippen LogP contribution in [0.2, 0.25) is 0 Å². The highest BCUT2D eigenvalue weighted by Gasteiger charge is 2.34. The Kier molecular flexibility index (Phi) is 4.29. The van der Waals surface area contributed by atoms with Crippen LogP contribution in [0.25, 0.3) is 0 Å². The molecule has 1 heteroatoms. The van der Waals surface area contributed by atoms with Crippen LogP contribution in [0, 0.1) is 11.3 Å². The molecule has 0 bridgehead atoms. The number of rotatable bonds is 7. The van der Waals surface area contributed by atoms with Gasteiger partial charge in [-0.25, -0.2) is 0 Å². The highest BCUT2D eigenvalue weighted by molar-refractivity contribution is 4.90. The molecule has 0 saturated heterocycles. The van der Waals surface area contributed by atoms with Gasteiger partial charge in [-0.05, 0) is 43.4 Å². The van der Waals surface area contributed by atoms with Gasteiger partial charge in [-0.2, -0.15) is 0 Å². The summed E-state index contributed by atoms with van der Waals surface area (Å²) in [7, 11) is 0. The van der Waals surface area contributed by atoms with E-state index in [1.165, 1.54) is 64.3 Å². The quantitative estimate of drug-likeness (QED) is 0.684. The number of hydrogen-bond acceptors (Lipinski definition) is 1. The van der Waals surface area contributed by atoms with Crippen molar-refractivity contribution in [2.24, 2.45) is 11.3 Å². The molecule has 0 spiro atoms. The van der Waals surface area contributed by atoms with E-state index in [1.54, 1.807) is 0 Å². The summed E-state index contributed by atoms with van der Waals surface area (Å²) in [6.45, 7) is 6.02. The maximum Gasteiger partial charge on any atom is 0.00684 e. The van der Waals surface area contributed by atoms with Gasteiger partial charge in [-0.15, -0.1) is 0 Å². The topological polar surface area (TPSA) is 12.0 Å². The predicted octanol–water partition coefficient (Wildman–Crippen LogP) is 4.13. The Morgan fingerprint density at radius 2 is 1.88 bits per heavy atom. The zero-order valence-electron chi connectivity index (χ0n) is 11.2. The van der Waals surface area contributed by atoms with E-state index < -0.39 is 0 Å². The van der Waals surface area contributed by atoms with Gasteiger partial charge in [0.1, 0.15) is 0 Å². The molecule has 0 aromatic heterocycles. The molecule has 2 aliphatic rings. The molecule has 16 heavy (non-hydrogen) atoms. The maximum absolute atomic E-state index is 3.78. The fraction of sp³-hybridized carbons (Fsp3) is 1.00. The van der Waals surface area contributed by atoms with Crippen LogP contribution in [0.3, 0.4) is 0 Å². The first kappa shape index (κ1) is 12.4. The fourth-order valence-corrected chi connectivity index (χ4v) is 3.17. The first-order chi connectivity index (χ1) is 7.70. The van der Waals surface area contributed by atoms with Crippen LogP contribution in [0.4, 0.5) is 0 Å². The molecule has 0 atom stereocenters. The Morgan fingerprint density at radius 1 is 1.19 bits per heavy atom. The summed E-state index contributed by atoms with van der Waals surface area (Å²) in [6, 6.07) is 0.891. The maximum atomic E-state index is 3.78. The summed E-state index contributed by atoms with van der Waals surface area (Å²) >= 11 is 0. The van der Waals surface area contributed by atoms with E-state index in [0.717, 1.165) is 12.0 Å². The van der Waals surface area contributed by atoms with Crippen molar-refractivity contribution in [1.29, 1.82) is 0 Å². The van der Waals surface area contributed by atoms with Gasteiger partial charge >= 0.3 is 0 Å². The molecular formula is C15H29N. The third kappa shape index (κ3) is 3.76. The van der Waals surface area contributed by atoms with Crippen LogP contribution in [0.15, 0.2) is 0 Å². The molecule has 2 rings (SSSR count). The third-order valence-corrected chi connectivity index (χ3v) is 4.50. The first-order valence-electron chi connectivity index (χ1n) is 7.44. The van der Waals surface area contributed by atoms with Crippen molar-refractivity contribution >= 4 is 0 Å². The van der Waals surface area contributed by atoms with Gasteiger partial charge < -0.3 is 5.32 Å². The molecule has 2 aliphatic carbocycles. The number of hydrogen-bond donors (Lipinski definition) is 1. The average molecular weight is 223 g/mol. The first-order valence-corrected chi connectivity index (χ1v) is 7.44. The lowest BCUT2D eigenvalue weighted by Crippen LogP contribution is -2.33. The van der Waals surface area contributed by atoms with Crippen LogP contribution in [0.5, 0.6) is 0 Å². The van der Waals surface area contributed by atoms with Gasteiger partial charge in [0.15, 0.2) is 0 Å². The lowest BCUT2D eigenvalue weighted by atomic mass is 9.80. The molecule has 0 heterocycles. The van der Waals surface area contributed by atoms with Crippen molar-refractivity contribution in [2.45, 2.75) is 77.7 Å². The van der Waals surface area contributed by atoms with Crippen molar-refractivity contribution in [3.8, 4) is 0 Å². The standard InChI is InChI=1S/C15H29N/c1-13(2)6-5-11-15(9-3-4-10-15)12-16-14-7-8-14/h13-14,16H,3-12H2,1-2H3. The molecule has 1 nitrogen and oxygen atoms in total. The molecule has 0 aliphatic heterocycles. The van der Waals surface area contributed by atoms with Crippen LogP contribution < -0.4 is 5.32 Å². The summed E-state index contributed by atoms with van der Waals surface area (Å²) in [5.41, 5.74) is 0.692. The minimum Gasteiger partial charge on any atom is -0.313 e. The SMILES string of the molecule is CC(C)CCCC1(CNC2CC2)CCCC1. The van der Waals surface area contributed by atoms with Gasteiger partial charge in [0.05, 0.1) is 0 Å². The Balaban J connectivity index is 1.72. The molecule has 0 aromatic rings. The zero-order valence-corrected chi connectivity index (χ0v) is 11.2. The Labute approximate surface area is 101 Å². The van der Waals surface area contributed by atoms with E-state index >= 15 is 0 Å². The van der Waals surface area contributed by atoms with Crippen molar-refractivity contribution in [3.63, 3.8) is 0 Å². The molecule has 94 valence electrons. The van der Waals surface area contributed by atoms with Crippen LogP contribution in [-0.4, -0.2) is 12.6 Å². The second-order valence-electron chi connectivity index (χ2n) is 6.65. The second kappa shape index (κ2) is 5.53. The normalized spacial score (nSPS) is 24.2. The minimum atomic E-state index is 0.692. The zero-order chi connectivity index (χ0) is 11.4. The third-order valence-electron chi connectivity index (χ3n) is 4.50. The summed E-state index contributed by atoms with van der Waals surface area (Å²) in [6.07, 6.45) is 13.2. The molecule has 0 radical (unpaired) electrons. The Bertz CT molecular complexity index is 199. The van der Waals surface area contributed by atoms with Gasteiger partial charge in [0.2, 0.25) is 0 Å². The van der Waals surface area contributed by atoms with E-state index in [4.69, 9.17) is 0 Å².